The van der Waals surface area contributed by atoms with E-state index in [2.05, 4.69) is 15.5 Å². The summed E-state index contributed by atoms with van der Waals surface area (Å²) in [5.41, 5.74) is -0.547. The van der Waals surface area contributed by atoms with E-state index >= 15 is 0 Å². The van der Waals surface area contributed by atoms with Crippen LogP contribution in [0.1, 0.15) is 46.5 Å². The molecule has 0 aliphatic carbocycles. The SMILES string of the molecule is CC(C)(C)OC(=O)NCC(=O)NC1CCN2CCCCC12. The van der Waals surface area contributed by atoms with Gasteiger partial charge in [-0.05, 0) is 46.6 Å². The number of nitrogens with one attached hydrogen (secondary N) is 2. The number of rotatable bonds is 3. The molecule has 2 N–H and O–H groups in total. The van der Waals surface area contributed by atoms with Crippen LogP contribution < -0.4 is 10.6 Å². The molecular formula is C15H27N3O3. The lowest BCUT2D eigenvalue weighted by molar-refractivity contribution is -0.121. The van der Waals surface area contributed by atoms with Crippen LogP contribution in [0, 0.1) is 0 Å². The highest BCUT2D eigenvalue weighted by Gasteiger charge is 2.36. The molecule has 2 atom stereocenters. The number of hydrogen-bond acceptors (Lipinski definition) is 4. The van der Waals surface area contributed by atoms with Crippen LogP contribution >= 0.6 is 0 Å². The van der Waals surface area contributed by atoms with Gasteiger partial charge in [-0.3, -0.25) is 9.69 Å². The van der Waals surface area contributed by atoms with Gasteiger partial charge in [0.15, 0.2) is 0 Å². The molecule has 2 unspecified atom stereocenters. The van der Waals surface area contributed by atoms with Crippen LogP contribution in [0.4, 0.5) is 4.79 Å². The lowest BCUT2D eigenvalue weighted by Gasteiger charge is -2.32. The van der Waals surface area contributed by atoms with E-state index in [0.29, 0.717) is 6.04 Å². The van der Waals surface area contributed by atoms with Crippen LogP contribution in [0.5, 0.6) is 0 Å². The van der Waals surface area contributed by atoms with Crippen molar-refractivity contribution in [2.75, 3.05) is 19.6 Å². The third kappa shape index (κ3) is 4.88. The molecule has 0 saturated carbocycles. The molecule has 0 aromatic rings. The van der Waals surface area contributed by atoms with Crippen molar-refractivity contribution in [3.05, 3.63) is 0 Å². The largest absolute Gasteiger partial charge is 0.444 e. The zero-order valence-electron chi connectivity index (χ0n) is 13.3. The molecule has 2 amide bonds. The molecule has 6 nitrogen and oxygen atoms in total. The first-order valence-electron chi connectivity index (χ1n) is 7.85. The maximum atomic E-state index is 11.9. The predicted molar refractivity (Wildman–Crippen MR) is 80.0 cm³/mol. The predicted octanol–water partition coefficient (Wildman–Crippen LogP) is 1.25. The highest BCUT2D eigenvalue weighted by atomic mass is 16.6. The molecule has 0 aromatic carbocycles. The van der Waals surface area contributed by atoms with Crippen LogP contribution in [-0.4, -0.2) is 54.2 Å². The van der Waals surface area contributed by atoms with Gasteiger partial charge in [0.25, 0.3) is 0 Å². The first-order chi connectivity index (χ1) is 9.85. The van der Waals surface area contributed by atoms with E-state index in [4.69, 9.17) is 4.74 Å². The van der Waals surface area contributed by atoms with E-state index in [0.717, 1.165) is 25.9 Å². The molecule has 120 valence electrons. The Labute approximate surface area is 126 Å². The quantitative estimate of drug-likeness (QED) is 0.822. The third-order valence-electron chi connectivity index (χ3n) is 3.99. The number of nitrogens with zero attached hydrogens (tertiary/aromatic N) is 1. The van der Waals surface area contributed by atoms with Gasteiger partial charge in [-0.15, -0.1) is 0 Å². The molecule has 0 radical (unpaired) electrons. The van der Waals surface area contributed by atoms with E-state index in [9.17, 15) is 9.59 Å². The molecule has 6 heteroatoms. The zero-order valence-corrected chi connectivity index (χ0v) is 13.3. The summed E-state index contributed by atoms with van der Waals surface area (Å²) in [5, 5.41) is 5.54. The Kier molecular flexibility index (Phi) is 5.08. The van der Waals surface area contributed by atoms with E-state index in [1.807, 2.05) is 0 Å². The second-order valence-corrected chi connectivity index (χ2v) is 6.92. The molecular weight excluding hydrogens is 270 g/mol. The second-order valence-electron chi connectivity index (χ2n) is 6.92. The first-order valence-corrected chi connectivity index (χ1v) is 7.85. The number of ether oxygens (including phenoxy) is 1. The van der Waals surface area contributed by atoms with Gasteiger partial charge >= 0.3 is 6.09 Å². The minimum absolute atomic E-state index is 0.0296. The highest BCUT2D eigenvalue weighted by Crippen LogP contribution is 2.26. The molecule has 0 aromatic heterocycles. The Morgan fingerprint density at radius 1 is 1.19 bits per heavy atom. The Morgan fingerprint density at radius 3 is 2.67 bits per heavy atom. The van der Waals surface area contributed by atoms with Crippen LogP contribution in [0.2, 0.25) is 0 Å². The van der Waals surface area contributed by atoms with Gasteiger partial charge in [0.1, 0.15) is 12.1 Å². The third-order valence-corrected chi connectivity index (χ3v) is 3.99. The Hall–Kier alpha value is -1.30. The molecule has 2 heterocycles. The summed E-state index contributed by atoms with van der Waals surface area (Å²) in [6.07, 6.45) is 4.11. The van der Waals surface area contributed by atoms with Crippen molar-refractivity contribution in [3.63, 3.8) is 0 Å². The van der Waals surface area contributed by atoms with Crippen molar-refractivity contribution >= 4 is 12.0 Å². The molecule has 2 aliphatic heterocycles. The number of piperidine rings is 1. The van der Waals surface area contributed by atoms with Crippen molar-refractivity contribution in [1.82, 2.24) is 15.5 Å². The maximum absolute atomic E-state index is 11.9. The summed E-state index contributed by atoms with van der Waals surface area (Å²) in [4.78, 5) is 25.9. The summed E-state index contributed by atoms with van der Waals surface area (Å²) in [6, 6.07) is 0.697. The van der Waals surface area contributed by atoms with E-state index in [-0.39, 0.29) is 18.5 Å². The minimum Gasteiger partial charge on any atom is -0.444 e. The number of hydrogen-bond donors (Lipinski definition) is 2. The number of carbonyl (C=O) groups is 2. The standard InChI is InChI=1S/C15H27N3O3/c1-15(2,3)21-14(20)16-10-13(19)17-11-7-9-18-8-5-4-6-12(11)18/h11-12H,4-10H2,1-3H3,(H,16,20)(H,17,19). The average molecular weight is 297 g/mol. The molecule has 2 rings (SSSR count). The van der Waals surface area contributed by atoms with Crippen LogP contribution in [0.3, 0.4) is 0 Å². The Balaban J connectivity index is 1.71. The fourth-order valence-electron chi connectivity index (χ4n) is 3.14. The smallest absolute Gasteiger partial charge is 0.408 e. The van der Waals surface area contributed by atoms with Crippen molar-refractivity contribution < 1.29 is 14.3 Å². The van der Waals surface area contributed by atoms with Crippen molar-refractivity contribution in [1.29, 1.82) is 0 Å². The van der Waals surface area contributed by atoms with Gasteiger partial charge in [-0.25, -0.2) is 4.79 Å². The number of fused-ring (bicyclic) bond motifs is 1. The van der Waals surface area contributed by atoms with E-state index < -0.39 is 11.7 Å². The van der Waals surface area contributed by atoms with Gasteiger partial charge in [0, 0.05) is 18.6 Å². The molecule has 2 aliphatic rings. The first kappa shape index (κ1) is 16.1. The number of alkyl carbamates (subject to hydrolysis) is 1. The van der Waals surface area contributed by atoms with Crippen molar-refractivity contribution in [3.8, 4) is 0 Å². The molecule has 2 fully saturated rings. The molecule has 2 saturated heterocycles. The average Bonchev–Trinajstić information content (AvgIpc) is 2.78. The van der Waals surface area contributed by atoms with Crippen molar-refractivity contribution in [2.45, 2.75) is 64.1 Å². The van der Waals surface area contributed by atoms with Gasteiger partial charge in [0.2, 0.25) is 5.91 Å². The van der Waals surface area contributed by atoms with Gasteiger partial charge in [-0.2, -0.15) is 0 Å². The summed E-state index contributed by atoms with van der Waals surface area (Å²) >= 11 is 0. The van der Waals surface area contributed by atoms with Crippen LogP contribution in [0.15, 0.2) is 0 Å². The van der Waals surface area contributed by atoms with Crippen molar-refractivity contribution in [2.24, 2.45) is 0 Å². The number of carbonyl (C=O) groups excluding carboxylic acids is 2. The van der Waals surface area contributed by atoms with Crippen LogP contribution in [0.25, 0.3) is 0 Å². The second kappa shape index (κ2) is 6.64. The summed E-state index contributed by atoms with van der Waals surface area (Å²) in [7, 11) is 0. The zero-order chi connectivity index (χ0) is 15.5. The fraction of sp³-hybridized carbons (Fsp3) is 0.867. The normalized spacial score (nSPS) is 26.0. The number of amides is 2. The van der Waals surface area contributed by atoms with Gasteiger partial charge < -0.3 is 15.4 Å². The maximum Gasteiger partial charge on any atom is 0.408 e. The lowest BCUT2D eigenvalue weighted by Crippen LogP contribution is -2.49. The molecule has 21 heavy (non-hydrogen) atoms. The fourth-order valence-corrected chi connectivity index (χ4v) is 3.14. The van der Waals surface area contributed by atoms with Crippen LogP contribution in [-0.2, 0) is 9.53 Å². The summed E-state index contributed by atoms with van der Waals surface area (Å²) < 4.78 is 5.11. The topological polar surface area (TPSA) is 70.7 Å². The molecule has 0 spiro atoms. The van der Waals surface area contributed by atoms with Gasteiger partial charge in [-0.1, -0.05) is 6.42 Å². The minimum atomic E-state index is -0.552. The lowest BCUT2D eigenvalue weighted by atomic mass is 9.99. The highest BCUT2D eigenvalue weighted by molar-refractivity contribution is 5.82. The Morgan fingerprint density at radius 2 is 1.95 bits per heavy atom. The molecule has 0 bridgehead atoms. The monoisotopic (exact) mass is 297 g/mol. The summed E-state index contributed by atoms with van der Waals surface area (Å²) in [6.45, 7) is 7.56. The summed E-state index contributed by atoms with van der Waals surface area (Å²) in [5.74, 6) is -0.140. The van der Waals surface area contributed by atoms with E-state index in [1.54, 1.807) is 20.8 Å². The van der Waals surface area contributed by atoms with Gasteiger partial charge in [0.05, 0.1) is 0 Å². The van der Waals surface area contributed by atoms with E-state index in [1.165, 1.54) is 12.8 Å². The Bertz CT molecular complexity index is 392.